The van der Waals surface area contributed by atoms with Crippen LogP contribution < -0.4 is 14.8 Å². The molecule has 0 spiro atoms. The normalized spacial score (nSPS) is 22.0. The molecule has 2 atom stereocenters. The number of benzene rings is 1. The number of hydrogen-bond donors (Lipinski definition) is 1. The highest BCUT2D eigenvalue weighted by Gasteiger charge is 2.28. The maximum atomic E-state index is 12.9. The van der Waals surface area contributed by atoms with Crippen molar-refractivity contribution < 1.29 is 14.3 Å². The van der Waals surface area contributed by atoms with Gasteiger partial charge in [-0.25, -0.2) is 4.79 Å². The summed E-state index contributed by atoms with van der Waals surface area (Å²) < 4.78 is 11.7. The second kappa shape index (κ2) is 8.29. The van der Waals surface area contributed by atoms with E-state index >= 15 is 0 Å². The number of urea groups is 1. The molecule has 1 fully saturated rings. The lowest BCUT2D eigenvalue weighted by atomic mass is 10.0. The highest BCUT2D eigenvalue weighted by molar-refractivity contribution is 5.74. The minimum Gasteiger partial charge on any atom is -0.486 e. The highest BCUT2D eigenvalue weighted by atomic mass is 16.6. The Morgan fingerprint density at radius 2 is 1.93 bits per heavy atom. The first-order chi connectivity index (χ1) is 13.3. The number of rotatable bonds is 3. The summed E-state index contributed by atoms with van der Waals surface area (Å²) in [5.74, 6) is 1.48. The van der Waals surface area contributed by atoms with Crippen molar-refractivity contribution in [3.8, 4) is 11.5 Å². The number of nitrogens with zero attached hydrogens (tertiary/aromatic N) is 2. The van der Waals surface area contributed by atoms with E-state index in [1.54, 1.807) is 12.4 Å². The Morgan fingerprint density at radius 3 is 2.78 bits per heavy atom. The number of amides is 2. The van der Waals surface area contributed by atoms with E-state index in [1.165, 1.54) is 0 Å². The van der Waals surface area contributed by atoms with E-state index < -0.39 is 0 Å². The van der Waals surface area contributed by atoms with Gasteiger partial charge in [-0.3, -0.25) is 4.98 Å². The molecule has 1 saturated heterocycles. The Labute approximate surface area is 159 Å². The number of nitrogens with one attached hydrogen (secondary N) is 1. The minimum atomic E-state index is -0.185. The van der Waals surface area contributed by atoms with Crippen LogP contribution in [0.15, 0.2) is 48.8 Å². The van der Waals surface area contributed by atoms with Crippen LogP contribution in [0, 0.1) is 0 Å². The first kappa shape index (κ1) is 17.6. The third-order valence-corrected chi connectivity index (χ3v) is 5.15. The molecule has 2 aromatic rings. The quantitative estimate of drug-likeness (QED) is 0.901. The van der Waals surface area contributed by atoms with Crippen LogP contribution in [0.25, 0.3) is 0 Å². The molecule has 2 aliphatic rings. The molecule has 6 heteroatoms. The fourth-order valence-electron chi connectivity index (χ4n) is 3.75. The fourth-order valence-corrected chi connectivity index (χ4v) is 3.75. The van der Waals surface area contributed by atoms with Crippen LogP contribution in [0.3, 0.4) is 0 Å². The molecule has 0 aliphatic carbocycles. The van der Waals surface area contributed by atoms with Crippen LogP contribution in [-0.4, -0.2) is 41.7 Å². The van der Waals surface area contributed by atoms with Gasteiger partial charge in [-0.05, 0) is 42.7 Å². The molecule has 2 amide bonds. The Hall–Kier alpha value is -2.76. The van der Waals surface area contributed by atoms with E-state index in [-0.39, 0.29) is 18.2 Å². The van der Waals surface area contributed by atoms with Gasteiger partial charge >= 0.3 is 6.03 Å². The van der Waals surface area contributed by atoms with Gasteiger partial charge in [0, 0.05) is 18.9 Å². The summed E-state index contributed by atoms with van der Waals surface area (Å²) in [7, 11) is 0. The predicted octanol–water partition coefficient (Wildman–Crippen LogP) is 3.55. The van der Waals surface area contributed by atoms with E-state index in [4.69, 9.17) is 9.47 Å². The van der Waals surface area contributed by atoms with Gasteiger partial charge in [0.25, 0.3) is 0 Å². The topological polar surface area (TPSA) is 63.7 Å². The number of ether oxygens (including phenoxy) is 2. The van der Waals surface area contributed by atoms with E-state index in [1.807, 2.05) is 41.3 Å². The van der Waals surface area contributed by atoms with Crippen LogP contribution >= 0.6 is 0 Å². The van der Waals surface area contributed by atoms with Crippen molar-refractivity contribution in [3.05, 3.63) is 54.4 Å². The number of carbonyl (C=O) groups excluding carboxylic acids is 1. The van der Waals surface area contributed by atoms with Gasteiger partial charge in [0.1, 0.15) is 6.61 Å². The number of carbonyl (C=O) groups is 1. The first-order valence-corrected chi connectivity index (χ1v) is 9.64. The van der Waals surface area contributed by atoms with Crippen LogP contribution in [0.2, 0.25) is 0 Å². The van der Waals surface area contributed by atoms with Crippen LogP contribution in [0.4, 0.5) is 4.79 Å². The zero-order valence-electron chi connectivity index (χ0n) is 15.3. The number of aromatic nitrogens is 1. The summed E-state index contributed by atoms with van der Waals surface area (Å²) in [5.41, 5.74) is 1.15. The predicted molar refractivity (Wildman–Crippen MR) is 102 cm³/mol. The largest absolute Gasteiger partial charge is 0.486 e. The second-order valence-corrected chi connectivity index (χ2v) is 7.02. The minimum absolute atomic E-state index is 0.0406. The Bertz CT molecular complexity index is 768. The first-order valence-electron chi connectivity index (χ1n) is 9.64. The lowest BCUT2D eigenvalue weighted by Crippen LogP contribution is -2.47. The molecular weight excluding hydrogens is 342 g/mol. The van der Waals surface area contributed by atoms with Crippen LogP contribution in [-0.2, 0) is 0 Å². The van der Waals surface area contributed by atoms with Gasteiger partial charge in [0.2, 0.25) is 0 Å². The van der Waals surface area contributed by atoms with Crippen molar-refractivity contribution in [2.75, 3.05) is 19.7 Å². The molecule has 6 nitrogen and oxygen atoms in total. The van der Waals surface area contributed by atoms with Crippen molar-refractivity contribution in [2.45, 2.75) is 37.8 Å². The monoisotopic (exact) mass is 367 g/mol. The molecular formula is C21H25N3O3. The maximum Gasteiger partial charge on any atom is 0.318 e. The summed E-state index contributed by atoms with van der Waals surface area (Å²) in [6.07, 6.45) is 7.70. The number of fused-ring (bicyclic) bond motifs is 1. The van der Waals surface area contributed by atoms with E-state index in [0.29, 0.717) is 13.2 Å². The summed E-state index contributed by atoms with van der Waals surface area (Å²) in [6.45, 7) is 1.63. The third-order valence-electron chi connectivity index (χ3n) is 5.15. The lowest BCUT2D eigenvalue weighted by molar-refractivity contribution is 0.0891. The number of para-hydroxylation sites is 2. The summed E-state index contributed by atoms with van der Waals surface area (Å²) in [4.78, 5) is 19.0. The van der Waals surface area contributed by atoms with Crippen molar-refractivity contribution >= 4 is 6.03 Å². The van der Waals surface area contributed by atoms with Gasteiger partial charge in [0.05, 0.1) is 12.6 Å². The van der Waals surface area contributed by atoms with Crippen molar-refractivity contribution in [3.63, 3.8) is 0 Å². The van der Waals surface area contributed by atoms with Gasteiger partial charge in [-0.1, -0.05) is 25.0 Å². The molecule has 0 radical (unpaired) electrons. The molecule has 1 aromatic carbocycles. The average molecular weight is 367 g/mol. The molecule has 142 valence electrons. The fraction of sp³-hybridized carbons (Fsp3) is 0.429. The lowest BCUT2D eigenvalue weighted by Gasteiger charge is -2.32. The molecule has 0 bridgehead atoms. The summed E-state index contributed by atoms with van der Waals surface area (Å²) >= 11 is 0. The van der Waals surface area contributed by atoms with E-state index in [9.17, 15) is 4.79 Å². The molecule has 27 heavy (non-hydrogen) atoms. The summed E-state index contributed by atoms with van der Waals surface area (Å²) in [5, 5.41) is 3.05. The Balaban J connectivity index is 1.39. The maximum absolute atomic E-state index is 12.9. The highest BCUT2D eigenvalue weighted by Crippen LogP contribution is 2.31. The van der Waals surface area contributed by atoms with Crippen LogP contribution in [0.5, 0.6) is 11.5 Å². The van der Waals surface area contributed by atoms with Gasteiger partial charge in [0.15, 0.2) is 17.6 Å². The Morgan fingerprint density at radius 1 is 1.11 bits per heavy atom. The zero-order valence-corrected chi connectivity index (χ0v) is 15.3. The van der Waals surface area contributed by atoms with E-state index in [2.05, 4.69) is 10.3 Å². The standard InChI is InChI=1S/C21H25N3O3/c25-21(23-14-17-15-26-19-7-3-4-8-20(19)27-17)24-13-5-1-2-6-18(24)16-9-11-22-12-10-16/h3-4,7-12,17-18H,1-2,5-6,13-15H2,(H,23,25)/t17-,18-/m0/s1. The number of pyridine rings is 1. The third kappa shape index (κ3) is 4.15. The van der Waals surface area contributed by atoms with Crippen molar-refractivity contribution in [2.24, 2.45) is 0 Å². The van der Waals surface area contributed by atoms with E-state index in [0.717, 1.165) is 49.3 Å². The zero-order chi connectivity index (χ0) is 18.5. The van der Waals surface area contributed by atoms with Crippen molar-refractivity contribution in [1.82, 2.24) is 15.2 Å². The molecule has 3 heterocycles. The average Bonchev–Trinajstić information content (AvgIpc) is 2.99. The molecule has 1 N–H and O–H groups in total. The number of likely N-dealkylation sites (tertiary alicyclic amines) is 1. The second-order valence-electron chi connectivity index (χ2n) is 7.02. The van der Waals surface area contributed by atoms with Gasteiger partial charge in [-0.15, -0.1) is 0 Å². The molecule has 2 aliphatic heterocycles. The SMILES string of the molecule is O=C(NC[C@H]1COc2ccccc2O1)N1CCCCC[C@H]1c1ccncc1. The Kier molecular flexibility index (Phi) is 5.42. The number of hydrogen-bond acceptors (Lipinski definition) is 4. The smallest absolute Gasteiger partial charge is 0.318 e. The van der Waals surface area contributed by atoms with Crippen molar-refractivity contribution in [1.29, 1.82) is 0 Å². The van der Waals surface area contributed by atoms with Gasteiger partial charge in [-0.2, -0.15) is 0 Å². The molecule has 1 aromatic heterocycles. The molecule has 4 rings (SSSR count). The molecule has 0 saturated carbocycles. The van der Waals surface area contributed by atoms with Crippen LogP contribution in [0.1, 0.15) is 37.3 Å². The molecule has 0 unspecified atom stereocenters. The summed E-state index contributed by atoms with van der Waals surface area (Å²) in [6, 6.07) is 11.7. The van der Waals surface area contributed by atoms with Gasteiger partial charge < -0.3 is 19.7 Å².